The average Bonchev–Trinajstić information content (AvgIpc) is 3.09. The molecule has 0 aliphatic heterocycles. The number of hydrogen-bond acceptors (Lipinski definition) is 5. The molecule has 0 spiro atoms. The van der Waals surface area contributed by atoms with E-state index in [1.54, 1.807) is 10.6 Å². The number of amides is 1. The highest BCUT2D eigenvalue weighted by Crippen LogP contribution is 2.26. The SMILES string of the molecule is C=CCn1c(COc2ccc(F)cc2Cl)nnc1SCC(=O)Nc1ccc(F)cc1. The van der Waals surface area contributed by atoms with Gasteiger partial charge < -0.3 is 10.1 Å². The number of nitrogens with one attached hydrogen (secondary N) is 1. The minimum absolute atomic E-state index is 0.0501. The topological polar surface area (TPSA) is 69.0 Å². The number of ether oxygens (including phenoxy) is 1. The van der Waals surface area contributed by atoms with Crippen LogP contribution in [-0.2, 0) is 17.9 Å². The molecular weight excluding hydrogens is 434 g/mol. The van der Waals surface area contributed by atoms with Crippen molar-refractivity contribution in [3.05, 3.63) is 77.6 Å². The first kappa shape index (κ1) is 21.8. The normalized spacial score (nSPS) is 10.6. The van der Waals surface area contributed by atoms with Crippen molar-refractivity contribution < 1.29 is 18.3 Å². The summed E-state index contributed by atoms with van der Waals surface area (Å²) in [5.41, 5.74) is 0.500. The standard InChI is InChI=1S/C20H17ClF2N4O2S/c1-2-9-27-18(11-29-17-8-5-14(23)10-16(17)21)25-26-20(27)30-12-19(28)24-15-6-3-13(22)4-7-15/h2-8,10H,1,9,11-12H2,(H,24,28). The van der Waals surface area contributed by atoms with Crippen LogP contribution < -0.4 is 10.1 Å². The third-order valence-corrected chi connectivity index (χ3v) is 5.08. The van der Waals surface area contributed by atoms with E-state index in [1.165, 1.54) is 48.2 Å². The molecule has 6 nitrogen and oxygen atoms in total. The summed E-state index contributed by atoms with van der Waals surface area (Å²) in [4.78, 5) is 12.1. The van der Waals surface area contributed by atoms with Gasteiger partial charge in [0.1, 0.15) is 24.0 Å². The molecule has 1 heterocycles. The molecule has 3 aromatic rings. The number of aromatic nitrogens is 3. The Hall–Kier alpha value is -2.91. The van der Waals surface area contributed by atoms with Crippen molar-refractivity contribution in [3.63, 3.8) is 0 Å². The molecule has 0 saturated heterocycles. The van der Waals surface area contributed by atoms with Crippen LogP contribution in [0.15, 0.2) is 60.3 Å². The Kier molecular flexibility index (Phi) is 7.42. The monoisotopic (exact) mass is 450 g/mol. The van der Waals surface area contributed by atoms with Gasteiger partial charge in [-0.1, -0.05) is 29.4 Å². The molecule has 0 bridgehead atoms. The van der Waals surface area contributed by atoms with Crippen molar-refractivity contribution in [2.75, 3.05) is 11.1 Å². The molecule has 0 aliphatic carbocycles. The lowest BCUT2D eigenvalue weighted by Crippen LogP contribution is -2.15. The molecule has 0 unspecified atom stereocenters. The lowest BCUT2D eigenvalue weighted by molar-refractivity contribution is -0.113. The number of rotatable bonds is 9. The quantitative estimate of drug-likeness (QED) is 0.378. The molecule has 0 saturated carbocycles. The Morgan fingerprint density at radius 3 is 2.63 bits per heavy atom. The molecular formula is C20H17ClF2N4O2S. The Bertz CT molecular complexity index is 1040. The van der Waals surface area contributed by atoms with E-state index in [4.69, 9.17) is 16.3 Å². The van der Waals surface area contributed by atoms with Crippen LogP contribution >= 0.6 is 23.4 Å². The van der Waals surface area contributed by atoms with Gasteiger partial charge in [-0.3, -0.25) is 9.36 Å². The van der Waals surface area contributed by atoms with Gasteiger partial charge in [0.25, 0.3) is 0 Å². The largest absolute Gasteiger partial charge is 0.484 e. The van der Waals surface area contributed by atoms with E-state index in [-0.39, 0.29) is 29.1 Å². The highest BCUT2D eigenvalue weighted by Gasteiger charge is 2.15. The van der Waals surface area contributed by atoms with Crippen LogP contribution in [0.4, 0.5) is 14.5 Å². The first-order chi connectivity index (χ1) is 14.5. The lowest BCUT2D eigenvalue weighted by atomic mass is 10.3. The van der Waals surface area contributed by atoms with Crippen LogP contribution in [0.2, 0.25) is 5.02 Å². The smallest absolute Gasteiger partial charge is 0.234 e. The van der Waals surface area contributed by atoms with E-state index in [9.17, 15) is 13.6 Å². The number of nitrogens with zero attached hydrogens (tertiary/aromatic N) is 3. The van der Waals surface area contributed by atoms with E-state index < -0.39 is 5.82 Å². The molecule has 1 aromatic heterocycles. The van der Waals surface area contributed by atoms with E-state index in [2.05, 4.69) is 22.1 Å². The zero-order valence-corrected chi connectivity index (χ0v) is 17.2. The molecule has 10 heteroatoms. The molecule has 0 fully saturated rings. The van der Waals surface area contributed by atoms with Gasteiger partial charge in [0.15, 0.2) is 11.0 Å². The van der Waals surface area contributed by atoms with Gasteiger partial charge in [-0.2, -0.15) is 0 Å². The van der Waals surface area contributed by atoms with Gasteiger partial charge in [-0.15, -0.1) is 16.8 Å². The number of carbonyl (C=O) groups excluding carboxylic acids is 1. The number of thioether (sulfide) groups is 1. The van der Waals surface area contributed by atoms with Crippen molar-refractivity contribution in [2.24, 2.45) is 0 Å². The third-order valence-electron chi connectivity index (χ3n) is 3.82. The number of hydrogen-bond donors (Lipinski definition) is 1. The fraction of sp³-hybridized carbons (Fsp3) is 0.150. The molecule has 3 rings (SSSR count). The van der Waals surface area contributed by atoms with Crippen LogP contribution in [0.1, 0.15) is 5.82 Å². The summed E-state index contributed by atoms with van der Waals surface area (Å²) in [7, 11) is 0. The van der Waals surface area contributed by atoms with Crippen molar-refractivity contribution in [2.45, 2.75) is 18.3 Å². The predicted molar refractivity (Wildman–Crippen MR) is 112 cm³/mol. The second-order valence-electron chi connectivity index (χ2n) is 6.01. The van der Waals surface area contributed by atoms with Crippen LogP contribution in [0.5, 0.6) is 5.75 Å². The van der Waals surface area contributed by atoms with Crippen LogP contribution in [0.3, 0.4) is 0 Å². The Labute approximate surface area is 180 Å². The van der Waals surface area contributed by atoms with Crippen molar-refractivity contribution in [1.29, 1.82) is 0 Å². The van der Waals surface area contributed by atoms with Gasteiger partial charge in [-0.05, 0) is 42.5 Å². The van der Waals surface area contributed by atoms with E-state index >= 15 is 0 Å². The molecule has 1 N–H and O–H groups in total. The summed E-state index contributed by atoms with van der Waals surface area (Å²) in [6.07, 6.45) is 1.67. The highest BCUT2D eigenvalue weighted by molar-refractivity contribution is 7.99. The van der Waals surface area contributed by atoms with Crippen molar-refractivity contribution >= 4 is 35.0 Å². The third kappa shape index (κ3) is 5.80. The van der Waals surface area contributed by atoms with Gasteiger partial charge in [0, 0.05) is 12.2 Å². The second-order valence-corrected chi connectivity index (χ2v) is 7.35. The number of carbonyl (C=O) groups is 1. The molecule has 1 amide bonds. The zero-order chi connectivity index (χ0) is 21.5. The molecule has 0 aliphatic rings. The zero-order valence-electron chi connectivity index (χ0n) is 15.6. The summed E-state index contributed by atoms with van der Waals surface area (Å²) >= 11 is 7.16. The predicted octanol–water partition coefficient (Wildman–Crippen LogP) is 4.71. The first-order valence-electron chi connectivity index (χ1n) is 8.75. The maximum atomic E-state index is 13.2. The van der Waals surface area contributed by atoms with Gasteiger partial charge in [0.2, 0.25) is 5.91 Å². The maximum absolute atomic E-state index is 13.2. The minimum atomic E-state index is -0.459. The van der Waals surface area contributed by atoms with Crippen molar-refractivity contribution in [1.82, 2.24) is 14.8 Å². The number of halogens is 3. The van der Waals surface area contributed by atoms with Crippen LogP contribution in [0.25, 0.3) is 0 Å². The number of allylic oxidation sites excluding steroid dienone is 1. The fourth-order valence-corrected chi connectivity index (χ4v) is 3.43. The van der Waals surface area contributed by atoms with E-state index in [0.717, 1.165) is 6.07 Å². The summed E-state index contributed by atoms with van der Waals surface area (Å²) < 4.78 is 33.5. The second kappa shape index (κ2) is 10.2. The Balaban J connectivity index is 1.62. The number of benzene rings is 2. The average molecular weight is 451 g/mol. The molecule has 156 valence electrons. The van der Waals surface area contributed by atoms with Crippen LogP contribution in [-0.4, -0.2) is 26.4 Å². The van der Waals surface area contributed by atoms with Crippen LogP contribution in [0, 0.1) is 11.6 Å². The summed E-state index contributed by atoms with van der Waals surface area (Å²) in [6, 6.07) is 9.33. The van der Waals surface area contributed by atoms with E-state index in [0.29, 0.717) is 29.0 Å². The Morgan fingerprint density at radius 2 is 1.93 bits per heavy atom. The van der Waals surface area contributed by atoms with Crippen molar-refractivity contribution in [3.8, 4) is 5.75 Å². The summed E-state index contributed by atoms with van der Waals surface area (Å²) in [6.45, 7) is 4.18. The Morgan fingerprint density at radius 1 is 1.20 bits per heavy atom. The number of anilines is 1. The molecule has 30 heavy (non-hydrogen) atoms. The first-order valence-corrected chi connectivity index (χ1v) is 10.1. The summed E-state index contributed by atoms with van der Waals surface area (Å²) in [5.74, 6) is -0.208. The highest BCUT2D eigenvalue weighted by atomic mass is 35.5. The van der Waals surface area contributed by atoms with Gasteiger partial charge in [-0.25, -0.2) is 8.78 Å². The molecule has 0 radical (unpaired) electrons. The van der Waals surface area contributed by atoms with Gasteiger partial charge in [0.05, 0.1) is 10.8 Å². The maximum Gasteiger partial charge on any atom is 0.234 e. The van der Waals surface area contributed by atoms with Gasteiger partial charge >= 0.3 is 0 Å². The minimum Gasteiger partial charge on any atom is -0.484 e. The lowest BCUT2D eigenvalue weighted by Gasteiger charge is -2.10. The summed E-state index contributed by atoms with van der Waals surface area (Å²) in [5, 5.41) is 11.5. The fourth-order valence-electron chi connectivity index (χ4n) is 2.44. The van der Waals surface area contributed by atoms with E-state index in [1.807, 2.05) is 0 Å². The molecule has 2 aromatic carbocycles. The molecule has 0 atom stereocenters.